The van der Waals surface area contributed by atoms with E-state index in [9.17, 15) is 4.79 Å². The lowest BCUT2D eigenvalue weighted by Gasteiger charge is -2.10. The zero-order chi connectivity index (χ0) is 12.3. The van der Waals surface area contributed by atoms with Gasteiger partial charge in [-0.2, -0.15) is 0 Å². The average Bonchev–Trinajstić information content (AvgIpc) is 2.16. The van der Waals surface area contributed by atoms with E-state index < -0.39 is 5.97 Å². The predicted molar refractivity (Wildman–Crippen MR) is 63.8 cm³/mol. The number of hydrogen-bond donors (Lipinski definition) is 1. The maximum absolute atomic E-state index is 10.8. The number of aliphatic carboxylic acids is 1. The summed E-state index contributed by atoms with van der Waals surface area (Å²) < 4.78 is 5.27. The van der Waals surface area contributed by atoms with Gasteiger partial charge in [-0.3, -0.25) is 0 Å². The average molecular weight is 220 g/mol. The first kappa shape index (κ1) is 12.3. The minimum absolute atomic E-state index is 0.295. The van der Waals surface area contributed by atoms with Crippen LogP contribution in [0.1, 0.15) is 23.6 Å². The Morgan fingerprint density at radius 3 is 2.50 bits per heavy atom. The fraction of sp³-hybridized carbons (Fsp3) is 0.308. The lowest BCUT2D eigenvalue weighted by atomic mass is 10.0. The van der Waals surface area contributed by atoms with Crippen LogP contribution < -0.4 is 4.74 Å². The van der Waals surface area contributed by atoms with Crippen LogP contribution in [-0.4, -0.2) is 18.2 Å². The molecule has 0 aliphatic rings. The van der Waals surface area contributed by atoms with Gasteiger partial charge in [-0.1, -0.05) is 11.6 Å². The molecule has 1 N–H and O–H groups in total. The fourth-order valence-corrected chi connectivity index (χ4v) is 1.67. The van der Waals surface area contributed by atoms with Crippen molar-refractivity contribution >= 4 is 12.0 Å². The topological polar surface area (TPSA) is 46.5 Å². The summed E-state index contributed by atoms with van der Waals surface area (Å²) in [5.41, 5.74) is 3.19. The van der Waals surface area contributed by atoms with Crippen LogP contribution in [0.4, 0.5) is 0 Å². The number of carboxylic acid groups (broad SMARTS) is 1. The van der Waals surface area contributed by atoms with E-state index in [-0.39, 0.29) is 0 Å². The van der Waals surface area contributed by atoms with E-state index in [1.165, 1.54) is 0 Å². The summed E-state index contributed by atoms with van der Waals surface area (Å²) in [6.45, 7) is 5.48. The van der Waals surface area contributed by atoms with Gasteiger partial charge in [0.1, 0.15) is 5.75 Å². The predicted octanol–water partition coefficient (Wildman–Crippen LogP) is 2.80. The summed E-state index contributed by atoms with van der Waals surface area (Å²) in [6, 6.07) is 3.92. The van der Waals surface area contributed by atoms with Gasteiger partial charge in [-0.05, 0) is 38.5 Å². The largest absolute Gasteiger partial charge is 0.496 e. The van der Waals surface area contributed by atoms with E-state index in [4.69, 9.17) is 9.84 Å². The fourth-order valence-electron chi connectivity index (χ4n) is 1.67. The van der Waals surface area contributed by atoms with E-state index in [2.05, 4.69) is 0 Å². The molecule has 3 heteroatoms. The lowest BCUT2D eigenvalue weighted by molar-refractivity contribution is -0.132. The van der Waals surface area contributed by atoms with E-state index in [0.717, 1.165) is 22.4 Å². The minimum Gasteiger partial charge on any atom is -0.496 e. The normalized spacial score (nSPS) is 11.4. The molecule has 1 aromatic rings. The van der Waals surface area contributed by atoms with Crippen LogP contribution >= 0.6 is 0 Å². The molecule has 1 aromatic carbocycles. The number of hydrogen-bond acceptors (Lipinski definition) is 2. The number of carbonyl (C=O) groups is 1. The molecule has 0 amide bonds. The summed E-state index contributed by atoms with van der Waals surface area (Å²) in [5.74, 6) is -0.188. The van der Waals surface area contributed by atoms with Crippen LogP contribution in [0.15, 0.2) is 17.7 Å². The summed E-state index contributed by atoms with van der Waals surface area (Å²) >= 11 is 0. The Balaban J connectivity index is 3.32. The third-order valence-corrected chi connectivity index (χ3v) is 2.36. The Hall–Kier alpha value is -1.77. The summed E-state index contributed by atoms with van der Waals surface area (Å²) in [7, 11) is 1.59. The first-order valence-electron chi connectivity index (χ1n) is 5.02. The molecule has 0 heterocycles. The molecule has 0 saturated carbocycles. The molecule has 0 spiro atoms. The Kier molecular flexibility index (Phi) is 3.72. The van der Waals surface area contributed by atoms with Crippen molar-refractivity contribution in [2.24, 2.45) is 0 Å². The van der Waals surface area contributed by atoms with Gasteiger partial charge in [-0.15, -0.1) is 0 Å². The first-order valence-corrected chi connectivity index (χ1v) is 5.02. The van der Waals surface area contributed by atoms with E-state index in [1.807, 2.05) is 26.0 Å². The van der Waals surface area contributed by atoms with Crippen molar-refractivity contribution in [3.63, 3.8) is 0 Å². The molecule has 0 atom stereocenters. The molecule has 3 nitrogen and oxygen atoms in total. The third kappa shape index (κ3) is 2.63. The molecule has 0 aliphatic carbocycles. The van der Waals surface area contributed by atoms with Gasteiger partial charge in [0, 0.05) is 11.1 Å². The number of methoxy groups -OCH3 is 1. The molecular weight excluding hydrogens is 204 g/mol. The molecule has 0 saturated heterocycles. The van der Waals surface area contributed by atoms with Crippen molar-refractivity contribution in [2.75, 3.05) is 7.11 Å². The summed E-state index contributed by atoms with van der Waals surface area (Å²) in [4.78, 5) is 10.8. The van der Waals surface area contributed by atoms with Crippen LogP contribution in [0, 0.1) is 13.8 Å². The van der Waals surface area contributed by atoms with Gasteiger partial charge in [0.15, 0.2) is 0 Å². The van der Waals surface area contributed by atoms with Gasteiger partial charge >= 0.3 is 5.97 Å². The molecule has 0 aliphatic heterocycles. The molecule has 0 unspecified atom stereocenters. The molecule has 86 valence electrons. The molecule has 0 radical (unpaired) electrons. The van der Waals surface area contributed by atoms with Gasteiger partial charge in [0.25, 0.3) is 0 Å². The molecule has 1 rings (SSSR count). The zero-order valence-electron chi connectivity index (χ0n) is 10.00. The maximum Gasteiger partial charge on any atom is 0.331 e. The standard InChI is InChI=1S/C13H16O3/c1-8-5-9(2)12(16-4)11(6-8)7-10(3)13(14)15/h5-7H,1-4H3,(H,14,15)/b10-7+. The quantitative estimate of drug-likeness (QED) is 0.797. The van der Waals surface area contributed by atoms with Gasteiger partial charge in [0.2, 0.25) is 0 Å². The highest BCUT2D eigenvalue weighted by Gasteiger charge is 2.07. The lowest BCUT2D eigenvalue weighted by Crippen LogP contribution is -1.97. The number of ether oxygens (including phenoxy) is 1. The molecule has 0 aromatic heterocycles. The second kappa shape index (κ2) is 4.84. The van der Waals surface area contributed by atoms with E-state index in [1.54, 1.807) is 20.1 Å². The van der Waals surface area contributed by atoms with Crippen LogP contribution in [0.2, 0.25) is 0 Å². The monoisotopic (exact) mass is 220 g/mol. The SMILES string of the molecule is COc1c(C)cc(C)cc1/C=C(\C)C(=O)O. The molecule has 0 bridgehead atoms. The van der Waals surface area contributed by atoms with Crippen molar-refractivity contribution in [1.29, 1.82) is 0 Å². The number of rotatable bonds is 3. The Labute approximate surface area is 95.4 Å². The van der Waals surface area contributed by atoms with Gasteiger partial charge in [0.05, 0.1) is 7.11 Å². The first-order chi connectivity index (χ1) is 7.45. The van der Waals surface area contributed by atoms with Crippen molar-refractivity contribution in [2.45, 2.75) is 20.8 Å². The second-order valence-electron chi connectivity index (χ2n) is 3.84. The molecule has 16 heavy (non-hydrogen) atoms. The van der Waals surface area contributed by atoms with Crippen LogP contribution in [0.3, 0.4) is 0 Å². The van der Waals surface area contributed by atoms with Crippen molar-refractivity contribution in [3.05, 3.63) is 34.4 Å². The highest BCUT2D eigenvalue weighted by Crippen LogP contribution is 2.27. The Bertz CT molecular complexity index is 445. The molecular formula is C13H16O3. The zero-order valence-corrected chi connectivity index (χ0v) is 10.00. The summed E-state index contributed by atoms with van der Waals surface area (Å²) in [6.07, 6.45) is 1.63. The van der Waals surface area contributed by atoms with E-state index >= 15 is 0 Å². The third-order valence-electron chi connectivity index (χ3n) is 2.36. The highest BCUT2D eigenvalue weighted by molar-refractivity contribution is 5.92. The van der Waals surface area contributed by atoms with Crippen LogP contribution in [-0.2, 0) is 4.79 Å². The van der Waals surface area contributed by atoms with Crippen molar-refractivity contribution in [3.8, 4) is 5.75 Å². The van der Waals surface area contributed by atoms with E-state index in [0.29, 0.717) is 5.57 Å². The Morgan fingerprint density at radius 2 is 2.00 bits per heavy atom. The van der Waals surface area contributed by atoms with Crippen LogP contribution in [0.25, 0.3) is 6.08 Å². The van der Waals surface area contributed by atoms with Crippen molar-refractivity contribution in [1.82, 2.24) is 0 Å². The minimum atomic E-state index is -0.916. The summed E-state index contributed by atoms with van der Waals surface area (Å²) in [5, 5.41) is 8.84. The maximum atomic E-state index is 10.8. The Morgan fingerprint density at radius 1 is 1.38 bits per heavy atom. The number of carboxylic acids is 1. The number of aryl methyl sites for hydroxylation is 2. The van der Waals surface area contributed by atoms with Crippen LogP contribution in [0.5, 0.6) is 5.75 Å². The van der Waals surface area contributed by atoms with Crippen molar-refractivity contribution < 1.29 is 14.6 Å². The molecule has 0 fully saturated rings. The second-order valence-corrected chi connectivity index (χ2v) is 3.84. The number of benzene rings is 1. The smallest absolute Gasteiger partial charge is 0.331 e. The van der Waals surface area contributed by atoms with Gasteiger partial charge < -0.3 is 9.84 Å². The highest BCUT2D eigenvalue weighted by atomic mass is 16.5. The van der Waals surface area contributed by atoms with Gasteiger partial charge in [-0.25, -0.2) is 4.79 Å².